The van der Waals surface area contributed by atoms with Crippen molar-refractivity contribution in [3.63, 3.8) is 0 Å². The number of nitriles is 1. The number of nitrogens with zero attached hydrogens (tertiary/aromatic N) is 2. The largest absolute Gasteiger partial charge is 0.396 e. The van der Waals surface area contributed by atoms with Gasteiger partial charge in [-0.15, -0.1) is 0 Å². The number of sulfone groups is 1. The number of rotatable bonds is 5. The summed E-state index contributed by atoms with van der Waals surface area (Å²) in [6.07, 6.45) is 2.00. The highest BCUT2D eigenvalue weighted by Gasteiger charge is 2.22. The lowest BCUT2D eigenvalue weighted by Crippen LogP contribution is -2.39. The SMILES string of the molecule is N#Cc1cccc(S(=O)(=O)CCN2CCCC(CO)C2)c1. The van der Waals surface area contributed by atoms with Gasteiger partial charge in [0.1, 0.15) is 0 Å². The molecule has 1 aliphatic heterocycles. The summed E-state index contributed by atoms with van der Waals surface area (Å²) in [4.78, 5) is 2.30. The van der Waals surface area contributed by atoms with Gasteiger partial charge in [0.25, 0.3) is 0 Å². The predicted molar refractivity (Wildman–Crippen MR) is 79.5 cm³/mol. The van der Waals surface area contributed by atoms with Crippen LogP contribution in [0.2, 0.25) is 0 Å². The Morgan fingerprint density at radius 3 is 2.95 bits per heavy atom. The fourth-order valence-electron chi connectivity index (χ4n) is 2.63. The first-order valence-electron chi connectivity index (χ1n) is 7.11. The van der Waals surface area contributed by atoms with Crippen molar-refractivity contribution in [3.8, 4) is 6.07 Å². The molecule has 0 radical (unpaired) electrons. The third-order valence-electron chi connectivity index (χ3n) is 3.86. The summed E-state index contributed by atoms with van der Waals surface area (Å²) >= 11 is 0. The molecule has 1 aromatic carbocycles. The molecule has 0 spiro atoms. The molecule has 5 nitrogen and oxygen atoms in total. The zero-order valence-corrected chi connectivity index (χ0v) is 12.7. The van der Waals surface area contributed by atoms with Crippen LogP contribution in [-0.2, 0) is 9.84 Å². The van der Waals surface area contributed by atoms with Gasteiger partial charge in [-0.3, -0.25) is 0 Å². The number of aliphatic hydroxyl groups excluding tert-OH is 1. The first-order chi connectivity index (χ1) is 10.0. The van der Waals surface area contributed by atoms with Crippen LogP contribution in [0.25, 0.3) is 0 Å². The number of aliphatic hydroxyl groups is 1. The summed E-state index contributed by atoms with van der Waals surface area (Å²) < 4.78 is 24.6. The van der Waals surface area contributed by atoms with E-state index in [4.69, 9.17) is 5.26 Å². The lowest BCUT2D eigenvalue weighted by atomic mass is 9.99. The minimum atomic E-state index is -3.37. The summed E-state index contributed by atoms with van der Waals surface area (Å²) in [6, 6.07) is 8.09. The number of piperidine rings is 1. The number of likely N-dealkylation sites (tertiary alicyclic amines) is 1. The van der Waals surface area contributed by atoms with E-state index in [2.05, 4.69) is 4.90 Å². The normalized spacial score (nSPS) is 20.1. The molecule has 1 unspecified atom stereocenters. The van der Waals surface area contributed by atoms with Crippen LogP contribution in [0.15, 0.2) is 29.2 Å². The van der Waals surface area contributed by atoms with Gasteiger partial charge in [-0.1, -0.05) is 6.07 Å². The number of hydrogen-bond donors (Lipinski definition) is 1. The second-order valence-electron chi connectivity index (χ2n) is 5.45. The molecular weight excluding hydrogens is 288 g/mol. The maximum Gasteiger partial charge on any atom is 0.179 e. The Labute approximate surface area is 125 Å². The van der Waals surface area contributed by atoms with Gasteiger partial charge < -0.3 is 10.0 Å². The zero-order chi connectivity index (χ0) is 15.3. The van der Waals surface area contributed by atoms with Crippen LogP contribution in [0.4, 0.5) is 0 Å². The second-order valence-corrected chi connectivity index (χ2v) is 7.56. The third-order valence-corrected chi connectivity index (χ3v) is 5.55. The molecule has 0 bridgehead atoms. The van der Waals surface area contributed by atoms with Crippen molar-refractivity contribution in [2.24, 2.45) is 5.92 Å². The van der Waals surface area contributed by atoms with E-state index in [0.717, 1.165) is 25.9 Å². The monoisotopic (exact) mass is 308 g/mol. The van der Waals surface area contributed by atoms with E-state index in [0.29, 0.717) is 12.1 Å². The molecule has 6 heteroatoms. The van der Waals surface area contributed by atoms with Crippen molar-refractivity contribution in [2.45, 2.75) is 17.7 Å². The van der Waals surface area contributed by atoms with Gasteiger partial charge in [0.15, 0.2) is 9.84 Å². The van der Waals surface area contributed by atoms with Crippen LogP contribution in [0.3, 0.4) is 0 Å². The van der Waals surface area contributed by atoms with Crippen molar-refractivity contribution in [1.29, 1.82) is 5.26 Å². The molecule has 0 aliphatic carbocycles. The van der Waals surface area contributed by atoms with Crippen LogP contribution in [0, 0.1) is 17.2 Å². The third kappa shape index (κ3) is 4.27. The average Bonchev–Trinajstić information content (AvgIpc) is 2.53. The number of hydrogen-bond acceptors (Lipinski definition) is 5. The maximum absolute atomic E-state index is 12.3. The van der Waals surface area contributed by atoms with Gasteiger partial charge in [0.2, 0.25) is 0 Å². The highest BCUT2D eigenvalue weighted by Crippen LogP contribution is 2.17. The summed E-state index contributed by atoms with van der Waals surface area (Å²) in [5.41, 5.74) is 0.356. The quantitative estimate of drug-likeness (QED) is 0.879. The van der Waals surface area contributed by atoms with E-state index < -0.39 is 9.84 Å². The van der Waals surface area contributed by atoms with Gasteiger partial charge in [0.05, 0.1) is 22.3 Å². The van der Waals surface area contributed by atoms with Crippen LogP contribution in [0.5, 0.6) is 0 Å². The number of benzene rings is 1. The van der Waals surface area contributed by atoms with Crippen LogP contribution >= 0.6 is 0 Å². The topological polar surface area (TPSA) is 81.4 Å². The molecule has 2 rings (SSSR count). The van der Waals surface area contributed by atoms with Crippen LogP contribution in [-0.4, -0.2) is 50.4 Å². The molecule has 0 amide bonds. The summed E-state index contributed by atoms with van der Waals surface area (Å²) in [5, 5.41) is 18.0. The Morgan fingerprint density at radius 2 is 2.24 bits per heavy atom. The molecule has 0 aromatic heterocycles. The molecule has 114 valence electrons. The first-order valence-corrected chi connectivity index (χ1v) is 8.76. The minimum Gasteiger partial charge on any atom is -0.396 e. The molecule has 21 heavy (non-hydrogen) atoms. The molecule has 0 saturated carbocycles. The minimum absolute atomic E-state index is 0.0417. The van der Waals surface area contributed by atoms with Gasteiger partial charge in [-0.25, -0.2) is 8.42 Å². The Kier molecular flexibility index (Phi) is 5.34. The van der Waals surface area contributed by atoms with Crippen LogP contribution in [0.1, 0.15) is 18.4 Å². The molecule has 1 saturated heterocycles. The second kappa shape index (κ2) is 7.03. The van der Waals surface area contributed by atoms with Crippen molar-refractivity contribution >= 4 is 9.84 Å². The van der Waals surface area contributed by atoms with E-state index in [1.165, 1.54) is 12.1 Å². The van der Waals surface area contributed by atoms with Crippen molar-refractivity contribution in [3.05, 3.63) is 29.8 Å². The van der Waals surface area contributed by atoms with E-state index in [-0.39, 0.29) is 23.2 Å². The Bertz CT molecular complexity index is 622. The zero-order valence-electron chi connectivity index (χ0n) is 11.9. The molecule has 1 N–H and O–H groups in total. The van der Waals surface area contributed by atoms with Gasteiger partial charge >= 0.3 is 0 Å². The molecule has 1 heterocycles. The van der Waals surface area contributed by atoms with Gasteiger partial charge in [0, 0.05) is 19.7 Å². The average molecular weight is 308 g/mol. The summed E-state index contributed by atoms with van der Waals surface area (Å²) in [5.74, 6) is 0.295. The van der Waals surface area contributed by atoms with Crippen LogP contribution < -0.4 is 0 Å². The summed E-state index contributed by atoms with van der Waals surface area (Å²) in [6.45, 7) is 2.26. The Balaban J connectivity index is 1.99. The molecule has 1 aromatic rings. The van der Waals surface area contributed by atoms with E-state index in [9.17, 15) is 13.5 Å². The van der Waals surface area contributed by atoms with Crippen molar-refractivity contribution in [1.82, 2.24) is 4.90 Å². The fraction of sp³-hybridized carbons (Fsp3) is 0.533. The lowest BCUT2D eigenvalue weighted by molar-refractivity contribution is 0.125. The molecule has 1 atom stereocenters. The van der Waals surface area contributed by atoms with E-state index in [1.54, 1.807) is 12.1 Å². The fourth-order valence-corrected chi connectivity index (χ4v) is 3.96. The van der Waals surface area contributed by atoms with E-state index in [1.807, 2.05) is 6.07 Å². The highest BCUT2D eigenvalue weighted by atomic mass is 32.2. The lowest BCUT2D eigenvalue weighted by Gasteiger charge is -2.31. The Morgan fingerprint density at radius 1 is 1.43 bits per heavy atom. The van der Waals surface area contributed by atoms with Gasteiger partial charge in [-0.05, 0) is 43.5 Å². The molecule has 1 fully saturated rings. The highest BCUT2D eigenvalue weighted by molar-refractivity contribution is 7.91. The predicted octanol–water partition coefficient (Wildman–Crippen LogP) is 1.04. The smallest absolute Gasteiger partial charge is 0.179 e. The van der Waals surface area contributed by atoms with E-state index >= 15 is 0 Å². The maximum atomic E-state index is 12.3. The Hall–Kier alpha value is -1.42. The van der Waals surface area contributed by atoms with Crippen molar-refractivity contribution < 1.29 is 13.5 Å². The first kappa shape index (κ1) is 16.0. The standard InChI is InChI=1S/C15H20N2O3S/c16-10-13-3-1-5-15(9-13)21(19,20)8-7-17-6-2-4-14(11-17)12-18/h1,3,5,9,14,18H,2,4,6-8,11-12H2. The van der Waals surface area contributed by atoms with Gasteiger partial charge in [-0.2, -0.15) is 5.26 Å². The van der Waals surface area contributed by atoms with Crippen molar-refractivity contribution in [2.75, 3.05) is 32.0 Å². The molecule has 1 aliphatic rings. The summed E-state index contributed by atoms with van der Waals surface area (Å²) in [7, 11) is -3.37. The molecular formula is C15H20N2O3S.